The van der Waals surface area contributed by atoms with Crippen molar-refractivity contribution >= 4 is 15.5 Å². The van der Waals surface area contributed by atoms with Gasteiger partial charge in [0.1, 0.15) is 0 Å². The van der Waals surface area contributed by atoms with Crippen LogP contribution < -0.4 is 4.90 Å². The Bertz CT molecular complexity index is 496. The SMILES string of the molecule is CCN(CC)CCN(C)c1ccccc1S(C)(=O)=O. The third kappa shape index (κ3) is 4.51. The van der Waals surface area contributed by atoms with Crippen molar-refractivity contribution in [2.24, 2.45) is 0 Å². The Morgan fingerprint density at radius 3 is 2.16 bits per heavy atom. The van der Waals surface area contributed by atoms with Crippen molar-refractivity contribution < 1.29 is 8.42 Å². The second-order valence-electron chi connectivity index (χ2n) is 4.69. The van der Waals surface area contributed by atoms with E-state index in [0.717, 1.165) is 31.9 Å². The molecule has 0 aliphatic heterocycles. The average molecular weight is 284 g/mol. The van der Waals surface area contributed by atoms with Gasteiger partial charge in [-0.2, -0.15) is 0 Å². The van der Waals surface area contributed by atoms with Gasteiger partial charge in [-0.3, -0.25) is 0 Å². The maximum atomic E-state index is 11.8. The van der Waals surface area contributed by atoms with Gasteiger partial charge in [0.25, 0.3) is 0 Å². The van der Waals surface area contributed by atoms with Crippen LogP contribution in [0.25, 0.3) is 0 Å². The molecule has 1 rings (SSSR count). The standard InChI is InChI=1S/C14H24N2O2S/c1-5-16(6-2)12-11-15(3)13-9-7-8-10-14(13)19(4,17)18/h7-10H,5-6,11-12H2,1-4H3. The second-order valence-corrected chi connectivity index (χ2v) is 6.67. The molecule has 0 saturated carbocycles. The predicted molar refractivity (Wildman–Crippen MR) is 80.6 cm³/mol. The minimum absolute atomic E-state index is 0.400. The first-order valence-electron chi connectivity index (χ1n) is 6.62. The molecule has 108 valence electrons. The molecule has 0 aliphatic rings. The molecule has 0 N–H and O–H groups in total. The lowest BCUT2D eigenvalue weighted by Crippen LogP contribution is -2.33. The van der Waals surface area contributed by atoms with Crippen LogP contribution in [0.15, 0.2) is 29.2 Å². The molecule has 4 nitrogen and oxygen atoms in total. The topological polar surface area (TPSA) is 40.6 Å². The molecule has 19 heavy (non-hydrogen) atoms. The van der Waals surface area contributed by atoms with Crippen molar-refractivity contribution in [3.05, 3.63) is 24.3 Å². The van der Waals surface area contributed by atoms with E-state index in [1.165, 1.54) is 6.26 Å². The van der Waals surface area contributed by atoms with Gasteiger partial charge in [0, 0.05) is 26.4 Å². The van der Waals surface area contributed by atoms with Gasteiger partial charge in [-0.1, -0.05) is 26.0 Å². The average Bonchev–Trinajstić information content (AvgIpc) is 2.38. The van der Waals surface area contributed by atoms with Gasteiger partial charge in [-0.05, 0) is 25.2 Å². The molecular formula is C14H24N2O2S. The number of benzene rings is 1. The molecular weight excluding hydrogens is 260 g/mol. The fraction of sp³-hybridized carbons (Fsp3) is 0.571. The molecule has 0 radical (unpaired) electrons. The van der Waals surface area contributed by atoms with Crippen molar-refractivity contribution in [2.45, 2.75) is 18.7 Å². The van der Waals surface area contributed by atoms with Crippen LogP contribution in [0, 0.1) is 0 Å². The highest BCUT2D eigenvalue weighted by molar-refractivity contribution is 7.90. The van der Waals surface area contributed by atoms with Gasteiger partial charge >= 0.3 is 0 Å². The number of hydrogen-bond donors (Lipinski definition) is 0. The number of likely N-dealkylation sites (N-methyl/N-ethyl adjacent to an activating group) is 2. The summed E-state index contributed by atoms with van der Waals surface area (Å²) in [7, 11) is -1.25. The van der Waals surface area contributed by atoms with Crippen molar-refractivity contribution in [3.8, 4) is 0 Å². The van der Waals surface area contributed by atoms with Crippen LogP contribution in [-0.2, 0) is 9.84 Å². The maximum Gasteiger partial charge on any atom is 0.177 e. The summed E-state index contributed by atoms with van der Waals surface area (Å²) in [6.07, 6.45) is 1.25. The van der Waals surface area contributed by atoms with Crippen molar-refractivity contribution in [3.63, 3.8) is 0 Å². The molecule has 0 spiro atoms. The Hall–Kier alpha value is -1.07. The fourth-order valence-corrected chi connectivity index (χ4v) is 2.97. The van der Waals surface area contributed by atoms with Crippen LogP contribution in [-0.4, -0.2) is 52.8 Å². The molecule has 1 aromatic carbocycles. The van der Waals surface area contributed by atoms with Crippen LogP contribution in [0.4, 0.5) is 5.69 Å². The number of sulfone groups is 1. The molecule has 0 bridgehead atoms. The van der Waals surface area contributed by atoms with Crippen LogP contribution in [0.3, 0.4) is 0 Å². The summed E-state index contributed by atoms with van der Waals surface area (Å²) >= 11 is 0. The molecule has 5 heteroatoms. The lowest BCUT2D eigenvalue weighted by atomic mass is 10.3. The highest BCUT2D eigenvalue weighted by Gasteiger charge is 2.15. The highest BCUT2D eigenvalue weighted by atomic mass is 32.2. The zero-order chi connectivity index (χ0) is 14.5. The number of anilines is 1. The Balaban J connectivity index is 2.86. The molecule has 0 saturated heterocycles. The zero-order valence-corrected chi connectivity index (χ0v) is 13.1. The summed E-state index contributed by atoms with van der Waals surface area (Å²) in [5, 5.41) is 0. The van der Waals surface area contributed by atoms with E-state index < -0.39 is 9.84 Å². The predicted octanol–water partition coefficient (Wildman–Crippen LogP) is 1.87. The van der Waals surface area contributed by atoms with E-state index in [2.05, 4.69) is 18.7 Å². The summed E-state index contributed by atoms with van der Waals surface area (Å²) in [5.41, 5.74) is 0.775. The van der Waals surface area contributed by atoms with E-state index in [-0.39, 0.29) is 0 Å². The Kier molecular flexibility index (Phi) is 5.82. The van der Waals surface area contributed by atoms with Gasteiger partial charge in [0.15, 0.2) is 9.84 Å². The van der Waals surface area contributed by atoms with Gasteiger partial charge in [0.2, 0.25) is 0 Å². The molecule has 0 heterocycles. The van der Waals surface area contributed by atoms with E-state index in [0.29, 0.717) is 4.90 Å². The van der Waals surface area contributed by atoms with Crippen LogP contribution in [0.1, 0.15) is 13.8 Å². The second kappa shape index (κ2) is 6.91. The highest BCUT2D eigenvalue weighted by Crippen LogP contribution is 2.23. The van der Waals surface area contributed by atoms with E-state index >= 15 is 0 Å². The first-order chi connectivity index (χ1) is 8.90. The number of nitrogens with zero attached hydrogens (tertiary/aromatic N) is 2. The Labute approximate surface area is 116 Å². The summed E-state index contributed by atoms with van der Waals surface area (Å²) in [4.78, 5) is 4.73. The molecule has 0 amide bonds. The Morgan fingerprint density at radius 1 is 1.05 bits per heavy atom. The molecule has 0 aliphatic carbocycles. The molecule has 0 atom stereocenters. The summed E-state index contributed by atoms with van der Waals surface area (Å²) in [6, 6.07) is 7.16. The summed E-state index contributed by atoms with van der Waals surface area (Å²) < 4.78 is 23.5. The van der Waals surface area contributed by atoms with Crippen molar-refractivity contribution in [2.75, 3.05) is 44.4 Å². The van der Waals surface area contributed by atoms with Crippen LogP contribution >= 0.6 is 0 Å². The number of rotatable bonds is 7. The van der Waals surface area contributed by atoms with Crippen LogP contribution in [0.5, 0.6) is 0 Å². The van der Waals surface area contributed by atoms with Crippen molar-refractivity contribution in [1.82, 2.24) is 4.90 Å². The van der Waals surface area contributed by atoms with E-state index in [1.54, 1.807) is 12.1 Å². The van der Waals surface area contributed by atoms with Gasteiger partial charge in [0.05, 0.1) is 10.6 Å². The Morgan fingerprint density at radius 2 is 1.63 bits per heavy atom. The maximum absolute atomic E-state index is 11.8. The van der Waals surface area contributed by atoms with E-state index in [1.807, 2.05) is 24.1 Å². The number of para-hydroxylation sites is 1. The zero-order valence-electron chi connectivity index (χ0n) is 12.3. The van der Waals surface area contributed by atoms with Crippen LogP contribution in [0.2, 0.25) is 0 Å². The quantitative estimate of drug-likeness (QED) is 0.766. The molecule has 0 fully saturated rings. The fourth-order valence-electron chi connectivity index (χ4n) is 2.04. The number of hydrogen-bond acceptors (Lipinski definition) is 4. The lowest BCUT2D eigenvalue weighted by Gasteiger charge is -2.25. The first kappa shape index (κ1) is 16.0. The third-order valence-corrected chi connectivity index (χ3v) is 4.47. The lowest BCUT2D eigenvalue weighted by molar-refractivity contribution is 0.311. The van der Waals surface area contributed by atoms with E-state index in [4.69, 9.17) is 0 Å². The monoisotopic (exact) mass is 284 g/mol. The van der Waals surface area contributed by atoms with Gasteiger partial charge in [-0.15, -0.1) is 0 Å². The van der Waals surface area contributed by atoms with E-state index in [9.17, 15) is 8.42 Å². The third-order valence-electron chi connectivity index (χ3n) is 3.32. The first-order valence-corrected chi connectivity index (χ1v) is 8.51. The largest absolute Gasteiger partial charge is 0.372 e. The minimum Gasteiger partial charge on any atom is -0.372 e. The normalized spacial score (nSPS) is 11.8. The van der Waals surface area contributed by atoms with Gasteiger partial charge < -0.3 is 9.80 Å². The molecule has 1 aromatic rings. The minimum atomic E-state index is -3.18. The molecule has 0 aromatic heterocycles. The van der Waals surface area contributed by atoms with Gasteiger partial charge in [-0.25, -0.2) is 8.42 Å². The summed E-state index contributed by atoms with van der Waals surface area (Å²) in [6.45, 7) is 8.04. The summed E-state index contributed by atoms with van der Waals surface area (Å²) in [5.74, 6) is 0. The smallest absolute Gasteiger partial charge is 0.177 e. The van der Waals surface area contributed by atoms with Crippen molar-refractivity contribution in [1.29, 1.82) is 0 Å². The molecule has 0 unspecified atom stereocenters.